The summed E-state index contributed by atoms with van der Waals surface area (Å²) in [5, 5.41) is 10.4. The summed E-state index contributed by atoms with van der Waals surface area (Å²) in [4.78, 5) is 14.3. The number of aromatic nitrogens is 3. The van der Waals surface area contributed by atoms with Crippen LogP contribution in [0.4, 0.5) is 0 Å². The van der Waals surface area contributed by atoms with Crippen LogP contribution < -0.4 is 5.32 Å². The Hall–Kier alpha value is -2.60. The zero-order valence-electron chi connectivity index (χ0n) is 12.4. The zero-order valence-corrected chi connectivity index (χ0v) is 13.2. The number of benzene rings is 2. The van der Waals surface area contributed by atoms with E-state index in [1.807, 2.05) is 36.4 Å². The van der Waals surface area contributed by atoms with E-state index in [1.54, 1.807) is 24.2 Å². The molecule has 116 valence electrons. The molecule has 0 radical (unpaired) electrons. The van der Waals surface area contributed by atoms with Gasteiger partial charge in [-0.1, -0.05) is 53.4 Å². The molecule has 0 fully saturated rings. The third-order valence-electron chi connectivity index (χ3n) is 3.20. The summed E-state index contributed by atoms with van der Waals surface area (Å²) in [5.41, 5.74) is 1.09. The largest absolute Gasteiger partial charge is 0.350 e. The number of rotatable bonds is 6. The summed E-state index contributed by atoms with van der Waals surface area (Å²) in [7, 11) is 0. The maximum absolute atomic E-state index is 11.9. The van der Waals surface area contributed by atoms with Gasteiger partial charge < -0.3 is 5.32 Å². The molecule has 0 spiro atoms. The van der Waals surface area contributed by atoms with Crippen molar-refractivity contribution in [2.24, 2.45) is 0 Å². The third-order valence-corrected chi connectivity index (χ3v) is 4.32. The summed E-state index contributed by atoms with van der Waals surface area (Å²) in [5.74, 6) is -0.0879. The van der Waals surface area contributed by atoms with Crippen molar-refractivity contribution < 1.29 is 4.79 Å². The highest BCUT2D eigenvalue weighted by Gasteiger charge is 2.07. The van der Waals surface area contributed by atoms with Gasteiger partial charge in [-0.15, -0.1) is 5.10 Å². The van der Waals surface area contributed by atoms with Gasteiger partial charge in [0.2, 0.25) is 5.91 Å². The van der Waals surface area contributed by atoms with Crippen LogP contribution in [0.1, 0.15) is 5.56 Å². The zero-order chi connectivity index (χ0) is 15.9. The minimum Gasteiger partial charge on any atom is -0.350 e. The van der Waals surface area contributed by atoms with E-state index in [0.717, 1.165) is 10.5 Å². The second-order valence-corrected chi connectivity index (χ2v) is 6.02. The number of nitrogens with one attached hydrogen (secondary N) is 1. The molecule has 1 amide bonds. The van der Waals surface area contributed by atoms with Crippen LogP contribution in [-0.2, 0) is 17.9 Å². The normalized spacial score (nSPS) is 10.4. The van der Waals surface area contributed by atoms with Crippen molar-refractivity contribution in [3.8, 4) is 0 Å². The lowest BCUT2D eigenvalue weighted by Gasteiger charge is -2.10. The molecular weight excluding hydrogens is 308 g/mol. The topological polar surface area (TPSA) is 59.8 Å². The van der Waals surface area contributed by atoms with Crippen LogP contribution in [0.15, 0.2) is 76.8 Å². The van der Waals surface area contributed by atoms with Gasteiger partial charge in [-0.3, -0.25) is 4.79 Å². The summed E-state index contributed by atoms with van der Waals surface area (Å²) >= 11 is 1.69. The first kappa shape index (κ1) is 15.3. The molecule has 0 aliphatic carbocycles. The van der Waals surface area contributed by atoms with Gasteiger partial charge in [0, 0.05) is 22.5 Å². The Morgan fingerprint density at radius 3 is 2.65 bits per heavy atom. The Balaban J connectivity index is 1.62. The van der Waals surface area contributed by atoms with Crippen molar-refractivity contribution in [1.82, 2.24) is 20.3 Å². The van der Waals surface area contributed by atoms with Gasteiger partial charge >= 0.3 is 0 Å². The molecule has 3 rings (SSSR count). The summed E-state index contributed by atoms with van der Waals surface area (Å²) in [6.45, 7) is 0.664. The average Bonchev–Trinajstić information content (AvgIpc) is 3.08. The molecule has 2 aromatic carbocycles. The van der Waals surface area contributed by atoms with Crippen molar-refractivity contribution in [3.05, 3.63) is 72.6 Å². The van der Waals surface area contributed by atoms with Gasteiger partial charge in [0.25, 0.3) is 0 Å². The van der Waals surface area contributed by atoms with Crippen LogP contribution in [0, 0.1) is 0 Å². The van der Waals surface area contributed by atoms with Gasteiger partial charge in [0.15, 0.2) is 0 Å². The fourth-order valence-corrected chi connectivity index (χ4v) is 3.04. The summed E-state index contributed by atoms with van der Waals surface area (Å²) < 4.78 is 1.50. The lowest BCUT2D eigenvalue weighted by Crippen LogP contribution is -2.27. The highest BCUT2D eigenvalue weighted by molar-refractivity contribution is 7.99. The molecule has 0 atom stereocenters. The first-order chi connectivity index (χ1) is 11.3. The SMILES string of the molecule is O=C(Cn1ccnn1)NCc1ccccc1Sc1ccccc1. The van der Waals surface area contributed by atoms with E-state index in [1.165, 1.54) is 9.58 Å². The number of nitrogens with zero attached hydrogens (tertiary/aromatic N) is 3. The smallest absolute Gasteiger partial charge is 0.242 e. The van der Waals surface area contributed by atoms with E-state index in [-0.39, 0.29) is 12.5 Å². The van der Waals surface area contributed by atoms with Crippen LogP contribution in [0.3, 0.4) is 0 Å². The molecule has 1 aromatic heterocycles. The minimum absolute atomic E-state index is 0.0879. The Bertz CT molecular complexity index is 759. The van der Waals surface area contributed by atoms with E-state index < -0.39 is 0 Å². The van der Waals surface area contributed by atoms with E-state index in [9.17, 15) is 4.79 Å². The first-order valence-electron chi connectivity index (χ1n) is 7.23. The number of hydrogen-bond donors (Lipinski definition) is 1. The monoisotopic (exact) mass is 324 g/mol. The number of carbonyl (C=O) groups excluding carboxylic acids is 1. The van der Waals surface area contributed by atoms with Gasteiger partial charge in [0.1, 0.15) is 6.54 Å². The molecule has 0 saturated heterocycles. The molecule has 1 N–H and O–H groups in total. The number of carbonyl (C=O) groups is 1. The molecule has 1 heterocycles. The lowest BCUT2D eigenvalue weighted by molar-refractivity contribution is -0.122. The van der Waals surface area contributed by atoms with Crippen LogP contribution in [0.5, 0.6) is 0 Å². The van der Waals surface area contributed by atoms with E-state index in [4.69, 9.17) is 0 Å². The van der Waals surface area contributed by atoms with Gasteiger partial charge in [-0.05, 0) is 23.8 Å². The molecule has 0 unspecified atom stereocenters. The highest BCUT2D eigenvalue weighted by atomic mass is 32.2. The van der Waals surface area contributed by atoms with Gasteiger partial charge in [-0.25, -0.2) is 4.68 Å². The van der Waals surface area contributed by atoms with Crippen LogP contribution >= 0.6 is 11.8 Å². The summed E-state index contributed by atoms with van der Waals surface area (Å²) in [6, 6.07) is 18.3. The van der Waals surface area contributed by atoms with Crippen molar-refractivity contribution in [2.75, 3.05) is 0 Å². The highest BCUT2D eigenvalue weighted by Crippen LogP contribution is 2.30. The molecule has 5 nitrogen and oxygen atoms in total. The maximum atomic E-state index is 11.9. The minimum atomic E-state index is -0.0879. The van der Waals surface area contributed by atoms with Crippen LogP contribution in [0.2, 0.25) is 0 Å². The second kappa shape index (κ2) is 7.60. The lowest BCUT2D eigenvalue weighted by atomic mass is 10.2. The van der Waals surface area contributed by atoms with Gasteiger partial charge in [0.05, 0.1) is 6.20 Å². The van der Waals surface area contributed by atoms with Crippen molar-refractivity contribution in [2.45, 2.75) is 22.9 Å². The van der Waals surface area contributed by atoms with Crippen molar-refractivity contribution in [3.63, 3.8) is 0 Å². The van der Waals surface area contributed by atoms with Crippen LogP contribution in [-0.4, -0.2) is 20.9 Å². The molecule has 6 heteroatoms. The van der Waals surface area contributed by atoms with E-state index in [2.05, 4.69) is 33.8 Å². The quantitative estimate of drug-likeness (QED) is 0.757. The Morgan fingerprint density at radius 2 is 1.87 bits per heavy atom. The van der Waals surface area contributed by atoms with Crippen LogP contribution in [0.25, 0.3) is 0 Å². The Morgan fingerprint density at radius 1 is 1.09 bits per heavy atom. The first-order valence-corrected chi connectivity index (χ1v) is 8.04. The predicted molar refractivity (Wildman–Crippen MR) is 88.9 cm³/mol. The standard InChI is InChI=1S/C17H16N4OS/c22-17(13-21-11-10-19-20-21)18-12-14-6-4-5-9-16(14)23-15-7-2-1-3-8-15/h1-11H,12-13H2,(H,18,22). The van der Waals surface area contributed by atoms with Crippen molar-refractivity contribution in [1.29, 1.82) is 0 Å². The molecule has 3 aromatic rings. The molecule has 0 aliphatic heterocycles. The fraction of sp³-hybridized carbons (Fsp3) is 0.118. The fourth-order valence-electron chi connectivity index (χ4n) is 2.08. The molecule has 0 bridgehead atoms. The van der Waals surface area contributed by atoms with Gasteiger partial charge in [-0.2, -0.15) is 0 Å². The Kier molecular flexibility index (Phi) is 5.06. The van der Waals surface area contributed by atoms with Crippen molar-refractivity contribution >= 4 is 17.7 Å². The molecule has 23 heavy (non-hydrogen) atoms. The predicted octanol–water partition coefficient (Wildman–Crippen LogP) is 2.75. The molecule has 0 saturated carbocycles. The summed E-state index contributed by atoms with van der Waals surface area (Å²) in [6.07, 6.45) is 3.22. The van der Waals surface area contributed by atoms with E-state index in [0.29, 0.717) is 6.54 Å². The average molecular weight is 324 g/mol. The third kappa shape index (κ3) is 4.43. The number of hydrogen-bond acceptors (Lipinski definition) is 4. The number of amides is 1. The maximum Gasteiger partial charge on any atom is 0.242 e. The molecule has 0 aliphatic rings. The molecular formula is C17H16N4OS. The van der Waals surface area contributed by atoms with E-state index >= 15 is 0 Å². The Labute approximate surface area is 138 Å². The second-order valence-electron chi connectivity index (χ2n) is 4.90.